The van der Waals surface area contributed by atoms with Gasteiger partial charge in [-0.25, -0.2) is 4.39 Å². The van der Waals surface area contributed by atoms with E-state index >= 15 is 0 Å². The third-order valence-electron chi connectivity index (χ3n) is 4.01. The van der Waals surface area contributed by atoms with Crippen LogP contribution in [0.25, 0.3) is 21.0 Å². The van der Waals surface area contributed by atoms with Crippen molar-refractivity contribution < 1.29 is 12.8 Å². The van der Waals surface area contributed by atoms with Gasteiger partial charge in [0.25, 0.3) is 10.0 Å². The van der Waals surface area contributed by atoms with E-state index < -0.39 is 15.8 Å². The summed E-state index contributed by atoms with van der Waals surface area (Å²) in [6, 6.07) is 16.6. The monoisotopic (exact) mass is 372 g/mol. The zero-order valence-corrected chi connectivity index (χ0v) is 14.8. The van der Waals surface area contributed by atoms with Crippen LogP contribution in [0.4, 0.5) is 4.39 Å². The summed E-state index contributed by atoms with van der Waals surface area (Å²) < 4.78 is 44.7. The topological polar surface area (TPSA) is 51.4 Å². The van der Waals surface area contributed by atoms with Gasteiger partial charge in [-0.1, -0.05) is 41.7 Å². The highest BCUT2D eigenvalue weighted by molar-refractivity contribution is 7.90. The van der Waals surface area contributed by atoms with Crippen molar-refractivity contribution in [3.63, 3.8) is 0 Å². The van der Waals surface area contributed by atoms with E-state index in [2.05, 4.69) is 4.40 Å². The number of hydrogen-bond donors (Lipinski definition) is 0. The average Bonchev–Trinajstić information content (AvgIpc) is 2.91. The van der Waals surface area contributed by atoms with Gasteiger partial charge in [0, 0.05) is 12.4 Å². The fraction of sp³-hybridized carbons (Fsp3) is 0.0556. The maximum atomic E-state index is 13.0. The molecule has 126 valence electrons. The van der Waals surface area contributed by atoms with Crippen LogP contribution >= 0.6 is 11.3 Å². The van der Waals surface area contributed by atoms with Gasteiger partial charge in [0.2, 0.25) is 4.80 Å². The lowest BCUT2D eigenvalue weighted by Gasteiger charge is -2.00. The van der Waals surface area contributed by atoms with Crippen molar-refractivity contribution in [2.45, 2.75) is 4.90 Å². The molecule has 0 aliphatic rings. The zero-order chi connectivity index (χ0) is 17.6. The Bertz CT molecular complexity index is 1270. The minimum Gasteiger partial charge on any atom is -0.319 e. The van der Waals surface area contributed by atoms with Gasteiger partial charge in [-0.3, -0.25) is 0 Å². The average molecular weight is 372 g/mol. The van der Waals surface area contributed by atoms with Crippen molar-refractivity contribution in [1.29, 1.82) is 0 Å². The van der Waals surface area contributed by atoms with Crippen molar-refractivity contribution in [2.75, 3.05) is 0 Å². The van der Waals surface area contributed by atoms with Crippen molar-refractivity contribution in [3.8, 4) is 0 Å². The van der Waals surface area contributed by atoms with Crippen LogP contribution in [0, 0.1) is 5.82 Å². The molecule has 0 saturated heterocycles. The maximum Gasteiger partial charge on any atom is 0.285 e. The fourth-order valence-electron chi connectivity index (χ4n) is 2.71. The number of aryl methyl sites for hydroxylation is 1. The lowest BCUT2D eigenvalue weighted by molar-refractivity contribution is 0.595. The van der Waals surface area contributed by atoms with E-state index in [1.54, 1.807) is 11.6 Å². The molecule has 4 aromatic rings. The van der Waals surface area contributed by atoms with Gasteiger partial charge in [0.15, 0.2) is 0 Å². The summed E-state index contributed by atoms with van der Waals surface area (Å²) in [6.07, 6.45) is 0. The SMILES string of the molecule is Cn1/c(=N\S(=O)(=O)c2ccc(F)cc2)sc2c3ccccc3ccc21. The van der Waals surface area contributed by atoms with Crippen LogP contribution in [-0.2, 0) is 17.1 Å². The van der Waals surface area contributed by atoms with Gasteiger partial charge < -0.3 is 4.57 Å². The Labute approximate surface area is 147 Å². The van der Waals surface area contributed by atoms with E-state index in [9.17, 15) is 12.8 Å². The summed E-state index contributed by atoms with van der Waals surface area (Å²) in [5.74, 6) is -0.488. The molecule has 0 aliphatic carbocycles. The Morgan fingerprint density at radius 3 is 2.48 bits per heavy atom. The molecule has 0 saturated carbocycles. The first kappa shape index (κ1) is 16.0. The molecule has 4 nitrogen and oxygen atoms in total. The second-order valence-electron chi connectivity index (χ2n) is 5.60. The fourth-order valence-corrected chi connectivity index (χ4v) is 5.09. The van der Waals surface area contributed by atoms with Crippen molar-refractivity contribution in [2.24, 2.45) is 11.4 Å². The molecule has 0 N–H and O–H groups in total. The Morgan fingerprint density at radius 1 is 1.00 bits per heavy atom. The van der Waals surface area contributed by atoms with Crippen molar-refractivity contribution in [3.05, 3.63) is 71.3 Å². The number of rotatable bonds is 2. The number of aromatic nitrogens is 1. The van der Waals surface area contributed by atoms with Crippen LogP contribution < -0.4 is 4.80 Å². The Balaban J connectivity index is 1.97. The van der Waals surface area contributed by atoms with E-state index in [0.29, 0.717) is 4.80 Å². The molecular formula is C18H13FN2O2S2. The first-order valence-corrected chi connectivity index (χ1v) is 9.75. The molecule has 25 heavy (non-hydrogen) atoms. The standard InChI is InChI=1S/C18H13FN2O2S2/c1-21-16-11-6-12-4-2-3-5-15(12)17(16)24-18(21)20-25(22,23)14-9-7-13(19)8-10-14/h2-11H,1H3/b20-18+. The minimum absolute atomic E-state index is 0.0313. The quantitative estimate of drug-likeness (QED) is 0.537. The highest BCUT2D eigenvalue weighted by Gasteiger charge is 2.14. The molecular weight excluding hydrogens is 359 g/mol. The van der Waals surface area contributed by atoms with Crippen LogP contribution in [0.1, 0.15) is 0 Å². The van der Waals surface area contributed by atoms with E-state index in [4.69, 9.17) is 0 Å². The number of sulfonamides is 1. The van der Waals surface area contributed by atoms with Crippen LogP contribution in [0.3, 0.4) is 0 Å². The Kier molecular flexibility index (Phi) is 3.70. The molecule has 0 spiro atoms. The zero-order valence-electron chi connectivity index (χ0n) is 13.2. The van der Waals surface area contributed by atoms with Gasteiger partial charge in [-0.05, 0) is 35.7 Å². The molecule has 0 amide bonds. The third-order valence-corrected chi connectivity index (χ3v) is 6.59. The van der Waals surface area contributed by atoms with E-state index in [1.807, 2.05) is 36.4 Å². The second kappa shape index (κ2) is 5.79. The molecule has 0 radical (unpaired) electrons. The second-order valence-corrected chi connectivity index (χ2v) is 8.18. The van der Waals surface area contributed by atoms with E-state index in [0.717, 1.165) is 33.1 Å². The Hall–Kier alpha value is -2.51. The number of halogens is 1. The highest BCUT2D eigenvalue weighted by atomic mass is 32.2. The molecule has 0 unspecified atom stereocenters. The number of benzene rings is 3. The molecule has 7 heteroatoms. The maximum absolute atomic E-state index is 13.0. The van der Waals surface area contributed by atoms with Crippen LogP contribution in [-0.4, -0.2) is 13.0 Å². The smallest absolute Gasteiger partial charge is 0.285 e. The van der Waals surface area contributed by atoms with Gasteiger partial charge in [-0.2, -0.15) is 8.42 Å². The van der Waals surface area contributed by atoms with E-state index in [1.165, 1.54) is 23.5 Å². The first-order valence-electron chi connectivity index (χ1n) is 7.49. The summed E-state index contributed by atoms with van der Waals surface area (Å²) in [4.78, 5) is 0.340. The van der Waals surface area contributed by atoms with Crippen LogP contribution in [0.5, 0.6) is 0 Å². The molecule has 1 heterocycles. The van der Waals surface area contributed by atoms with Gasteiger partial charge in [0.1, 0.15) is 5.82 Å². The highest BCUT2D eigenvalue weighted by Crippen LogP contribution is 2.27. The summed E-state index contributed by atoms with van der Waals surface area (Å²) in [7, 11) is -2.12. The Morgan fingerprint density at radius 2 is 1.72 bits per heavy atom. The lowest BCUT2D eigenvalue weighted by atomic mass is 10.1. The lowest BCUT2D eigenvalue weighted by Crippen LogP contribution is -2.13. The van der Waals surface area contributed by atoms with Crippen LogP contribution in [0.2, 0.25) is 0 Å². The summed E-state index contributed by atoms with van der Waals surface area (Å²) in [5, 5.41) is 2.14. The minimum atomic E-state index is -3.91. The molecule has 4 rings (SSSR count). The van der Waals surface area contributed by atoms with E-state index in [-0.39, 0.29) is 4.90 Å². The molecule has 1 aromatic heterocycles. The molecule has 0 atom stereocenters. The van der Waals surface area contributed by atoms with Gasteiger partial charge in [0.05, 0.1) is 15.1 Å². The van der Waals surface area contributed by atoms with Gasteiger partial charge in [-0.15, -0.1) is 4.40 Å². The molecule has 0 aliphatic heterocycles. The largest absolute Gasteiger partial charge is 0.319 e. The van der Waals surface area contributed by atoms with Crippen molar-refractivity contribution in [1.82, 2.24) is 4.57 Å². The molecule has 0 bridgehead atoms. The summed E-state index contributed by atoms with van der Waals surface area (Å²) in [6.45, 7) is 0. The normalized spacial score (nSPS) is 13.0. The summed E-state index contributed by atoms with van der Waals surface area (Å²) >= 11 is 1.32. The number of fused-ring (bicyclic) bond motifs is 3. The number of thiazole rings is 1. The number of nitrogens with zero attached hydrogens (tertiary/aromatic N) is 2. The first-order chi connectivity index (χ1) is 12.0. The van der Waals surface area contributed by atoms with Crippen molar-refractivity contribution >= 4 is 42.3 Å². The molecule has 3 aromatic carbocycles. The summed E-state index contributed by atoms with van der Waals surface area (Å²) in [5.41, 5.74) is 0.914. The van der Waals surface area contributed by atoms with Gasteiger partial charge >= 0.3 is 0 Å². The number of hydrogen-bond acceptors (Lipinski definition) is 3. The van der Waals surface area contributed by atoms with Crippen LogP contribution in [0.15, 0.2) is 70.0 Å². The molecule has 0 fully saturated rings. The predicted molar refractivity (Wildman–Crippen MR) is 97.5 cm³/mol. The third kappa shape index (κ3) is 2.75. The predicted octanol–water partition coefficient (Wildman–Crippen LogP) is 3.82.